The summed E-state index contributed by atoms with van der Waals surface area (Å²) in [5.41, 5.74) is 2.80. The third-order valence-corrected chi connectivity index (χ3v) is 7.19. The third kappa shape index (κ3) is 3.76. The molecule has 5 rings (SSSR count). The van der Waals surface area contributed by atoms with E-state index in [0.29, 0.717) is 18.9 Å². The minimum absolute atomic E-state index is 0.0230. The van der Waals surface area contributed by atoms with Crippen LogP contribution in [0, 0.1) is 0 Å². The van der Waals surface area contributed by atoms with E-state index in [1.54, 1.807) is 27.8 Å². The summed E-state index contributed by atoms with van der Waals surface area (Å²) in [4.78, 5) is 29.0. The fourth-order valence-electron chi connectivity index (χ4n) is 4.34. The van der Waals surface area contributed by atoms with Crippen LogP contribution in [0.1, 0.15) is 26.3 Å². The average molecular weight is 466 g/mol. The van der Waals surface area contributed by atoms with Gasteiger partial charge in [0, 0.05) is 43.7 Å². The Balaban J connectivity index is 1.40. The predicted octanol–water partition coefficient (Wildman–Crippen LogP) is 2.32. The molecule has 0 saturated heterocycles. The lowest BCUT2D eigenvalue weighted by Crippen LogP contribution is -2.34. The van der Waals surface area contributed by atoms with E-state index in [1.165, 1.54) is 12.1 Å². The first-order valence-corrected chi connectivity index (χ1v) is 12.5. The van der Waals surface area contributed by atoms with Crippen molar-refractivity contribution in [3.05, 3.63) is 65.2 Å². The van der Waals surface area contributed by atoms with Crippen molar-refractivity contribution in [3.8, 4) is 0 Å². The number of carbonyl (C=O) groups excluding carboxylic acids is 2. The monoisotopic (exact) mass is 465 g/mol. The maximum Gasteiger partial charge on any atom is 0.258 e. The van der Waals surface area contributed by atoms with Gasteiger partial charge in [0.2, 0.25) is 0 Å². The number of nitrogens with zero attached hydrogens (tertiary/aromatic N) is 4. The third-order valence-electron chi connectivity index (χ3n) is 6.04. The number of hydrogen-bond acceptors (Lipinski definition) is 6. The van der Waals surface area contributed by atoms with Crippen molar-refractivity contribution in [1.29, 1.82) is 0 Å². The molecule has 0 unspecified atom stereocenters. The molecule has 0 radical (unpaired) electrons. The molecule has 2 aromatic carbocycles. The van der Waals surface area contributed by atoms with Crippen molar-refractivity contribution >= 4 is 39.0 Å². The van der Waals surface area contributed by atoms with Gasteiger partial charge in [-0.2, -0.15) is 5.10 Å². The summed E-state index contributed by atoms with van der Waals surface area (Å²) in [5, 5.41) is 7.19. The largest absolute Gasteiger partial charge is 0.341 e. The number of fused-ring (bicyclic) bond motifs is 2. The van der Waals surface area contributed by atoms with Crippen LogP contribution in [-0.4, -0.2) is 61.3 Å². The molecule has 2 aliphatic heterocycles. The van der Waals surface area contributed by atoms with E-state index in [4.69, 9.17) is 0 Å². The molecule has 1 N–H and O–H groups in total. The van der Waals surface area contributed by atoms with Gasteiger partial charge in [0.25, 0.3) is 11.8 Å². The summed E-state index contributed by atoms with van der Waals surface area (Å²) >= 11 is 0. The molecule has 0 spiro atoms. The zero-order valence-electron chi connectivity index (χ0n) is 18.3. The average Bonchev–Trinajstić information content (AvgIpc) is 3.35. The normalized spacial score (nSPS) is 15.4. The second kappa shape index (κ2) is 7.73. The van der Waals surface area contributed by atoms with Crippen LogP contribution in [-0.2, 0) is 22.8 Å². The number of rotatable bonds is 4. The number of sulfone groups is 1. The molecular weight excluding hydrogens is 442 g/mol. The standard InChI is InChI=1S/C23H23N5O4S/c1-26-10-9-15-13-16(7-8-17(15)23(26)30)27-11-12-28-21(27)14-20(25-28)24-22(29)18-5-3-4-6-19(18)33(2,31)32/h3-8,13-14H,9-12H2,1-2H3,(H,24,25,29). The van der Waals surface area contributed by atoms with Crippen LogP contribution in [0.5, 0.6) is 0 Å². The van der Waals surface area contributed by atoms with Crippen LogP contribution in [0.3, 0.4) is 0 Å². The molecule has 3 heterocycles. The van der Waals surface area contributed by atoms with Gasteiger partial charge in [-0.05, 0) is 42.3 Å². The summed E-state index contributed by atoms with van der Waals surface area (Å²) in [5.74, 6) is 0.670. The zero-order chi connectivity index (χ0) is 23.3. The zero-order valence-corrected chi connectivity index (χ0v) is 19.1. The number of nitrogens with one attached hydrogen (secondary N) is 1. The lowest BCUT2D eigenvalue weighted by molar-refractivity contribution is 0.0780. The van der Waals surface area contributed by atoms with Crippen molar-refractivity contribution in [2.45, 2.75) is 17.9 Å². The number of amides is 2. The molecule has 1 aromatic heterocycles. The Kier molecular flexibility index (Phi) is 4.97. The summed E-state index contributed by atoms with van der Waals surface area (Å²) < 4.78 is 25.9. The Morgan fingerprint density at radius 3 is 2.64 bits per heavy atom. The molecule has 3 aromatic rings. The fourth-order valence-corrected chi connectivity index (χ4v) is 5.23. The molecule has 170 valence electrons. The van der Waals surface area contributed by atoms with E-state index in [-0.39, 0.29) is 16.4 Å². The van der Waals surface area contributed by atoms with E-state index >= 15 is 0 Å². The molecule has 0 atom stereocenters. The SMILES string of the molecule is CN1CCc2cc(N3CCn4nc(NC(=O)c5ccccc5S(C)(=O)=O)cc43)ccc2C1=O. The quantitative estimate of drug-likeness (QED) is 0.634. The van der Waals surface area contributed by atoms with Gasteiger partial charge in [0.05, 0.1) is 17.0 Å². The predicted molar refractivity (Wildman–Crippen MR) is 124 cm³/mol. The lowest BCUT2D eigenvalue weighted by Gasteiger charge is -2.26. The minimum atomic E-state index is -3.55. The van der Waals surface area contributed by atoms with E-state index in [0.717, 1.165) is 41.9 Å². The number of hydrogen-bond donors (Lipinski definition) is 1. The van der Waals surface area contributed by atoms with Crippen molar-refractivity contribution in [1.82, 2.24) is 14.7 Å². The smallest absolute Gasteiger partial charge is 0.258 e. The maximum absolute atomic E-state index is 12.8. The summed E-state index contributed by atoms with van der Waals surface area (Å²) in [6.07, 6.45) is 1.88. The van der Waals surface area contributed by atoms with Gasteiger partial charge in [-0.3, -0.25) is 9.59 Å². The Morgan fingerprint density at radius 1 is 1.06 bits per heavy atom. The number of aromatic nitrogens is 2. The van der Waals surface area contributed by atoms with Crippen molar-refractivity contribution in [2.75, 3.05) is 36.6 Å². The highest BCUT2D eigenvalue weighted by Gasteiger charge is 2.27. The van der Waals surface area contributed by atoms with Gasteiger partial charge in [-0.1, -0.05) is 12.1 Å². The highest BCUT2D eigenvalue weighted by atomic mass is 32.2. The van der Waals surface area contributed by atoms with Crippen LogP contribution >= 0.6 is 0 Å². The molecule has 33 heavy (non-hydrogen) atoms. The van der Waals surface area contributed by atoms with Gasteiger partial charge < -0.3 is 15.1 Å². The first-order chi connectivity index (χ1) is 15.7. The maximum atomic E-state index is 12.8. The molecule has 0 bridgehead atoms. The van der Waals surface area contributed by atoms with Crippen LogP contribution in [0.2, 0.25) is 0 Å². The highest BCUT2D eigenvalue weighted by Crippen LogP contribution is 2.34. The van der Waals surface area contributed by atoms with Gasteiger partial charge in [0.1, 0.15) is 5.82 Å². The fraction of sp³-hybridized carbons (Fsp3) is 0.261. The number of carbonyl (C=O) groups is 2. The van der Waals surface area contributed by atoms with Crippen LogP contribution in [0.4, 0.5) is 17.3 Å². The summed E-state index contributed by atoms with van der Waals surface area (Å²) in [6, 6.07) is 13.7. The molecule has 0 saturated carbocycles. The molecule has 0 aliphatic carbocycles. The number of anilines is 3. The number of likely N-dealkylation sites (N-methyl/N-ethyl adjacent to an activating group) is 1. The summed E-state index contributed by atoms with van der Waals surface area (Å²) in [6.45, 7) is 2.06. The first-order valence-electron chi connectivity index (χ1n) is 10.6. The Labute approximate surface area is 191 Å². The molecule has 2 amide bonds. The topological polar surface area (TPSA) is 105 Å². The van der Waals surface area contributed by atoms with Crippen LogP contribution < -0.4 is 10.2 Å². The highest BCUT2D eigenvalue weighted by molar-refractivity contribution is 7.90. The molecular formula is C23H23N5O4S. The van der Waals surface area contributed by atoms with E-state index in [1.807, 2.05) is 25.2 Å². The number of benzene rings is 2. The van der Waals surface area contributed by atoms with Gasteiger partial charge >= 0.3 is 0 Å². The second-order valence-electron chi connectivity index (χ2n) is 8.30. The second-order valence-corrected chi connectivity index (χ2v) is 10.3. The first kappa shape index (κ1) is 21.2. The van der Waals surface area contributed by atoms with E-state index in [2.05, 4.69) is 15.3 Å². The molecule has 2 aliphatic rings. The van der Waals surface area contributed by atoms with Crippen LogP contribution in [0.25, 0.3) is 0 Å². The van der Waals surface area contributed by atoms with Gasteiger partial charge in [-0.15, -0.1) is 0 Å². The van der Waals surface area contributed by atoms with E-state index < -0.39 is 15.7 Å². The van der Waals surface area contributed by atoms with Gasteiger partial charge in [0.15, 0.2) is 15.7 Å². The Hall–Kier alpha value is -3.66. The van der Waals surface area contributed by atoms with Crippen molar-refractivity contribution < 1.29 is 18.0 Å². The van der Waals surface area contributed by atoms with Crippen molar-refractivity contribution in [3.63, 3.8) is 0 Å². The van der Waals surface area contributed by atoms with Gasteiger partial charge in [-0.25, -0.2) is 13.1 Å². The lowest BCUT2D eigenvalue weighted by atomic mass is 9.98. The molecule has 0 fully saturated rings. The van der Waals surface area contributed by atoms with E-state index in [9.17, 15) is 18.0 Å². The molecule has 10 heteroatoms. The Bertz CT molecular complexity index is 1400. The van der Waals surface area contributed by atoms with Crippen LogP contribution in [0.15, 0.2) is 53.4 Å². The Morgan fingerprint density at radius 2 is 1.85 bits per heavy atom. The molecule has 9 nitrogen and oxygen atoms in total. The summed E-state index contributed by atoms with van der Waals surface area (Å²) in [7, 11) is -1.74. The minimum Gasteiger partial charge on any atom is -0.341 e. The van der Waals surface area contributed by atoms with Crippen molar-refractivity contribution in [2.24, 2.45) is 0 Å².